The number of hydrogen-bond acceptors (Lipinski definition) is 4. The molecule has 1 heterocycles. The maximum Gasteiger partial charge on any atom is 0.407 e. The van der Waals surface area contributed by atoms with Gasteiger partial charge in [0.2, 0.25) is 5.91 Å². The fourth-order valence-corrected chi connectivity index (χ4v) is 2.87. The van der Waals surface area contributed by atoms with Crippen molar-refractivity contribution in [2.45, 2.75) is 59.1 Å². The van der Waals surface area contributed by atoms with Crippen LogP contribution in [0.1, 0.15) is 57.8 Å². The van der Waals surface area contributed by atoms with Crippen LogP contribution in [0.15, 0.2) is 24.3 Å². The van der Waals surface area contributed by atoms with Crippen molar-refractivity contribution in [1.29, 1.82) is 0 Å². The van der Waals surface area contributed by atoms with E-state index < -0.39 is 11.7 Å². The summed E-state index contributed by atoms with van der Waals surface area (Å²) < 4.78 is 5.28. The van der Waals surface area contributed by atoms with E-state index in [0.717, 1.165) is 0 Å². The SMILES string of the molecule is CC(C)C(=O)Nc1ccc(C(=O)N2CCC(NC(=O)OC(C)(C)C)CC2)cc1. The van der Waals surface area contributed by atoms with Crippen molar-refractivity contribution in [3.63, 3.8) is 0 Å². The number of hydrogen-bond donors (Lipinski definition) is 2. The summed E-state index contributed by atoms with van der Waals surface area (Å²) in [6.07, 6.45) is 0.956. The quantitative estimate of drug-likeness (QED) is 0.826. The van der Waals surface area contributed by atoms with Gasteiger partial charge in [0.05, 0.1) is 0 Å². The zero-order chi connectivity index (χ0) is 20.9. The number of amides is 3. The lowest BCUT2D eigenvalue weighted by Crippen LogP contribution is -2.47. The molecule has 0 saturated carbocycles. The summed E-state index contributed by atoms with van der Waals surface area (Å²) in [7, 11) is 0. The van der Waals surface area contributed by atoms with Gasteiger partial charge in [-0.1, -0.05) is 13.8 Å². The molecule has 1 aromatic rings. The summed E-state index contributed by atoms with van der Waals surface area (Å²) in [6, 6.07) is 6.94. The van der Waals surface area contributed by atoms with E-state index in [4.69, 9.17) is 4.74 Å². The Hall–Kier alpha value is -2.57. The highest BCUT2D eigenvalue weighted by atomic mass is 16.6. The third-order valence-corrected chi connectivity index (χ3v) is 4.43. The zero-order valence-electron chi connectivity index (χ0n) is 17.4. The van der Waals surface area contributed by atoms with Gasteiger partial charge in [-0.3, -0.25) is 9.59 Å². The second-order valence-electron chi connectivity index (χ2n) is 8.43. The first-order chi connectivity index (χ1) is 13.0. The topological polar surface area (TPSA) is 87.7 Å². The Morgan fingerprint density at radius 3 is 2.14 bits per heavy atom. The largest absolute Gasteiger partial charge is 0.444 e. The van der Waals surface area contributed by atoms with Crippen LogP contribution in [-0.2, 0) is 9.53 Å². The van der Waals surface area contributed by atoms with Gasteiger partial charge >= 0.3 is 6.09 Å². The van der Waals surface area contributed by atoms with Gasteiger partial charge in [0.15, 0.2) is 0 Å². The Balaban J connectivity index is 1.84. The molecule has 7 nitrogen and oxygen atoms in total. The van der Waals surface area contributed by atoms with Crippen LogP contribution < -0.4 is 10.6 Å². The number of alkyl carbamates (subject to hydrolysis) is 1. The molecule has 1 aliphatic rings. The molecule has 7 heteroatoms. The molecule has 1 fully saturated rings. The minimum atomic E-state index is -0.526. The molecule has 1 saturated heterocycles. The van der Waals surface area contributed by atoms with Crippen LogP contribution in [0.25, 0.3) is 0 Å². The standard InChI is InChI=1S/C21H31N3O4/c1-14(2)18(25)22-16-8-6-15(7-9-16)19(26)24-12-10-17(11-13-24)23-20(27)28-21(3,4)5/h6-9,14,17H,10-13H2,1-5H3,(H,22,25)(H,23,27). The number of nitrogens with zero attached hydrogens (tertiary/aromatic N) is 1. The molecule has 1 aliphatic heterocycles. The first kappa shape index (κ1) is 21.7. The van der Waals surface area contributed by atoms with Crippen LogP contribution in [0.4, 0.5) is 10.5 Å². The molecule has 0 spiro atoms. The van der Waals surface area contributed by atoms with E-state index in [0.29, 0.717) is 37.2 Å². The van der Waals surface area contributed by atoms with E-state index >= 15 is 0 Å². The predicted octanol–water partition coefficient (Wildman–Crippen LogP) is 3.41. The number of anilines is 1. The summed E-state index contributed by atoms with van der Waals surface area (Å²) in [6.45, 7) is 10.3. The molecule has 0 atom stereocenters. The lowest BCUT2D eigenvalue weighted by atomic mass is 10.0. The number of rotatable bonds is 4. The Kier molecular flexibility index (Phi) is 7.05. The van der Waals surface area contributed by atoms with E-state index in [1.807, 2.05) is 34.6 Å². The minimum absolute atomic E-state index is 0.00696. The molecule has 28 heavy (non-hydrogen) atoms. The Morgan fingerprint density at radius 2 is 1.64 bits per heavy atom. The molecule has 0 aromatic heterocycles. The van der Waals surface area contributed by atoms with E-state index in [-0.39, 0.29) is 23.8 Å². The second-order valence-corrected chi connectivity index (χ2v) is 8.43. The van der Waals surface area contributed by atoms with Gasteiger partial charge in [-0.05, 0) is 57.9 Å². The van der Waals surface area contributed by atoms with E-state index in [2.05, 4.69) is 10.6 Å². The Labute approximate surface area is 166 Å². The minimum Gasteiger partial charge on any atom is -0.444 e. The lowest BCUT2D eigenvalue weighted by molar-refractivity contribution is -0.118. The zero-order valence-corrected chi connectivity index (χ0v) is 17.4. The van der Waals surface area contributed by atoms with E-state index in [1.165, 1.54) is 0 Å². The van der Waals surface area contributed by atoms with Gasteiger partial charge in [0.1, 0.15) is 5.60 Å². The molecule has 0 radical (unpaired) electrons. The number of piperidine rings is 1. The molecule has 154 valence electrons. The van der Waals surface area contributed by atoms with Crippen LogP contribution in [-0.4, -0.2) is 47.5 Å². The van der Waals surface area contributed by atoms with Crippen LogP contribution in [0, 0.1) is 5.92 Å². The molecule has 0 unspecified atom stereocenters. The number of carbonyl (C=O) groups is 3. The van der Waals surface area contributed by atoms with E-state index in [9.17, 15) is 14.4 Å². The van der Waals surface area contributed by atoms with Crippen molar-refractivity contribution in [1.82, 2.24) is 10.2 Å². The summed E-state index contributed by atoms with van der Waals surface area (Å²) in [5.74, 6) is -0.201. The maximum absolute atomic E-state index is 12.7. The molecular formula is C21H31N3O4. The number of benzene rings is 1. The predicted molar refractivity (Wildman–Crippen MR) is 108 cm³/mol. The van der Waals surface area contributed by atoms with Gasteiger partial charge in [-0.2, -0.15) is 0 Å². The van der Waals surface area contributed by atoms with Crippen molar-refractivity contribution >= 4 is 23.6 Å². The van der Waals surface area contributed by atoms with Crippen molar-refractivity contribution in [3.05, 3.63) is 29.8 Å². The molecule has 0 aliphatic carbocycles. The lowest BCUT2D eigenvalue weighted by Gasteiger charge is -2.33. The van der Waals surface area contributed by atoms with Crippen molar-refractivity contribution in [2.75, 3.05) is 18.4 Å². The smallest absolute Gasteiger partial charge is 0.407 e. The first-order valence-corrected chi connectivity index (χ1v) is 9.75. The third-order valence-electron chi connectivity index (χ3n) is 4.43. The number of likely N-dealkylation sites (tertiary alicyclic amines) is 1. The number of carbonyl (C=O) groups excluding carboxylic acids is 3. The van der Waals surface area contributed by atoms with Crippen molar-refractivity contribution < 1.29 is 19.1 Å². The highest BCUT2D eigenvalue weighted by Crippen LogP contribution is 2.17. The van der Waals surface area contributed by atoms with Crippen molar-refractivity contribution in [2.24, 2.45) is 5.92 Å². The summed E-state index contributed by atoms with van der Waals surface area (Å²) in [4.78, 5) is 38.1. The van der Waals surface area contributed by atoms with Crippen LogP contribution in [0.3, 0.4) is 0 Å². The first-order valence-electron chi connectivity index (χ1n) is 9.75. The molecule has 1 aromatic carbocycles. The molecule has 2 N–H and O–H groups in total. The van der Waals surface area contributed by atoms with Gasteiger partial charge in [-0.25, -0.2) is 4.79 Å². The average Bonchev–Trinajstić information content (AvgIpc) is 2.60. The van der Waals surface area contributed by atoms with Crippen molar-refractivity contribution in [3.8, 4) is 0 Å². The highest BCUT2D eigenvalue weighted by molar-refractivity contribution is 5.96. The monoisotopic (exact) mass is 389 g/mol. The normalized spacial score (nSPS) is 15.3. The molecule has 2 rings (SSSR count). The van der Waals surface area contributed by atoms with Crippen LogP contribution in [0.2, 0.25) is 0 Å². The third kappa shape index (κ3) is 6.55. The van der Waals surface area contributed by atoms with Crippen LogP contribution >= 0.6 is 0 Å². The number of ether oxygens (including phenoxy) is 1. The Morgan fingerprint density at radius 1 is 1.07 bits per heavy atom. The van der Waals surface area contributed by atoms with E-state index in [1.54, 1.807) is 29.2 Å². The van der Waals surface area contributed by atoms with Crippen LogP contribution in [0.5, 0.6) is 0 Å². The Bertz CT molecular complexity index is 699. The van der Waals surface area contributed by atoms with Gasteiger partial charge in [0.25, 0.3) is 5.91 Å². The molecule has 3 amide bonds. The summed E-state index contributed by atoms with van der Waals surface area (Å²) in [5.41, 5.74) is 0.735. The second kappa shape index (κ2) is 9.08. The van der Waals surface area contributed by atoms with Gasteiger partial charge in [-0.15, -0.1) is 0 Å². The molecular weight excluding hydrogens is 358 g/mol. The summed E-state index contributed by atoms with van der Waals surface area (Å²) in [5, 5.41) is 5.68. The van der Waals surface area contributed by atoms with Gasteiger partial charge in [0, 0.05) is 36.3 Å². The fourth-order valence-electron chi connectivity index (χ4n) is 2.87. The van der Waals surface area contributed by atoms with Gasteiger partial charge < -0.3 is 20.3 Å². The highest BCUT2D eigenvalue weighted by Gasteiger charge is 2.26. The summed E-state index contributed by atoms with van der Waals surface area (Å²) >= 11 is 0. The maximum atomic E-state index is 12.7. The number of nitrogens with one attached hydrogen (secondary N) is 2. The molecule has 0 bridgehead atoms. The fraction of sp³-hybridized carbons (Fsp3) is 0.571. The average molecular weight is 389 g/mol.